The number of aliphatic hydroxyl groups excluding tert-OH is 1. The minimum Gasteiger partial charge on any atom is -0.396 e. The molecule has 7 atom stereocenters. The molecule has 3 nitrogen and oxygen atoms in total. The number of aliphatic hydroxyl groups is 1. The first-order chi connectivity index (χ1) is 13.3. The molecule has 0 aromatic carbocycles. The quantitative estimate of drug-likeness (QED) is 0.610. The van der Waals surface area contributed by atoms with Crippen LogP contribution in [0.4, 0.5) is 0 Å². The predicted octanol–water partition coefficient (Wildman–Crippen LogP) is 5.90. The van der Waals surface area contributed by atoms with Gasteiger partial charge in [-0.2, -0.15) is 0 Å². The summed E-state index contributed by atoms with van der Waals surface area (Å²) < 4.78 is 13.8. The van der Waals surface area contributed by atoms with Crippen molar-refractivity contribution in [1.82, 2.24) is 0 Å². The van der Waals surface area contributed by atoms with Gasteiger partial charge in [-0.3, -0.25) is 0 Å². The zero-order valence-electron chi connectivity index (χ0n) is 19.3. The van der Waals surface area contributed by atoms with Gasteiger partial charge in [0.15, 0.2) is 5.79 Å². The molecule has 0 unspecified atom stereocenters. The summed E-state index contributed by atoms with van der Waals surface area (Å²) in [4.78, 5) is 0. The fourth-order valence-corrected chi connectivity index (χ4v) is 6.83. The average Bonchev–Trinajstić information content (AvgIpc) is 3.06. The smallest absolute Gasteiger partial charge is 0.174 e. The highest BCUT2D eigenvalue weighted by Gasteiger charge is 2.59. The molecule has 0 bridgehead atoms. The van der Waals surface area contributed by atoms with E-state index in [0.717, 1.165) is 11.8 Å². The molecule has 1 aliphatic heterocycles. The maximum atomic E-state index is 9.55. The van der Waals surface area contributed by atoms with Gasteiger partial charge in [0.25, 0.3) is 0 Å². The Bertz CT molecular complexity index is 456. The number of ether oxygens (including phenoxy) is 2. The zero-order valence-corrected chi connectivity index (χ0v) is 19.3. The van der Waals surface area contributed by atoms with Crippen molar-refractivity contribution in [2.45, 2.75) is 98.4 Å². The van der Waals surface area contributed by atoms with E-state index in [1.54, 1.807) is 0 Å². The van der Waals surface area contributed by atoms with E-state index in [1.807, 2.05) is 0 Å². The van der Waals surface area contributed by atoms with E-state index in [1.165, 1.54) is 38.5 Å². The summed E-state index contributed by atoms with van der Waals surface area (Å²) in [5.74, 6) is 4.71. The fraction of sp³-hybridized carbons (Fsp3) is 1.00. The monoisotopic (exact) mass is 394 g/mol. The highest BCUT2D eigenvalue weighted by atomic mass is 16.7. The van der Waals surface area contributed by atoms with Gasteiger partial charge >= 0.3 is 0 Å². The normalized spacial score (nSPS) is 41.7. The average molecular weight is 395 g/mol. The highest BCUT2D eigenvalue weighted by molar-refractivity contribution is 5.01. The van der Waals surface area contributed by atoms with Crippen LogP contribution in [0.3, 0.4) is 0 Å². The maximum absolute atomic E-state index is 9.55. The first kappa shape index (κ1) is 22.6. The Labute approximate surface area is 174 Å². The van der Waals surface area contributed by atoms with Crippen molar-refractivity contribution < 1.29 is 14.6 Å². The zero-order chi connectivity index (χ0) is 20.5. The van der Waals surface area contributed by atoms with Crippen molar-refractivity contribution in [3.8, 4) is 0 Å². The standard InChI is InChI=1S/C25H46O3/c1-16(2)21-9-7-18(5)13-23(21)25(27-15-20(28-25)11-12-26)24-14-19(6)8-10-22(24)17(3)4/h16-24,26H,7-15H2,1-6H3/t18-,19-,20+,21-,22-,23-,24-/m1/s1. The van der Waals surface area contributed by atoms with Gasteiger partial charge in [-0.1, -0.05) is 54.4 Å². The largest absolute Gasteiger partial charge is 0.396 e. The van der Waals surface area contributed by atoms with Crippen molar-refractivity contribution in [3.05, 3.63) is 0 Å². The molecule has 0 aromatic heterocycles. The molecule has 0 aromatic rings. The second kappa shape index (κ2) is 9.35. The lowest BCUT2D eigenvalue weighted by molar-refractivity contribution is -0.280. The molecule has 3 heteroatoms. The van der Waals surface area contributed by atoms with Gasteiger partial charge in [0.05, 0.1) is 12.7 Å². The maximum Gasteiger partial charge on any atom is 0.174 e. The van der Waals surface area contributed by atoms with Crippen LogP contribution in [0, 0.1) is 47.3 Å². The van der Waals surface area contributed by atoms with Crippen LogP contribution in [0.5, 0.6) is 0 Å². The van der Waals surface area contributed by atoms with Crippen LogP contribution in [0.2, 0.25) is 0 Å². The molecule has 1 N–H and O–H groups in total. The van der Waals surface area contributed by atoms with Crippen LogP contribution in [-0.2, 0) is 9.47 Å². The summed E-state index contributed by atoms with van der Waals surface area (Å²) in [6.45, 7) is 15.3. The Hall–Kier alpha value is -0.120. The van der Waals surface area contributed by atoms with E-state index >= 15 is 0 Å². The molecule has 3 fully saturated rings. The van der Waals surface area contributed by atoms with Gasteiger partial charge in [0.1, 0.15) is 0 Å². The van der Waals surface area contributed by atoms with E-state index in [4.69, 9.17) is 9.47 Å². The van der Waals surface area contributed by atoms with E-state index in [-0.39, 0.29) is 12.7 Å². The molecule has 0 radical (unpaired) electrons. The van der Waals surface area contributed by atoms with Crippen molar-refractivity contribution >= 4 is 0 Å². The predicted molar refractivity (Wildman–Crippen MR) is 115 cm³/mol. The molecule has 3 rings (SSSR count). The first-order valence-electron chi connectivity index (χ1n) is 12.2. The SMILES string of the molecule is CC(C)[C@H]1CC[C@@H](C)C[C@H]1C1([C@@H]2C[C@H](C)CC[C@@H]2C(C)C)OC[C@H](CCO)O1. The Balaban J connectivity index is 1.99. The number of hydrogen-bond acceptors (Lipinski definition) is 3. The van der Waals surface area contributed by atoms with Crippen molar-refractivity contribution in [2.75, 3.05) is 13.2 Å². The molecule has 1 heterocycles. The summed E-state index contributed by atoms with van der Waals surface area (Å²) in [6, 6.07) is 0. The summed E-state index contributed by atoms with van der Waals surface area (Å²) in [6.07, 6.45) is 8.49. The van der Waals surface area contributed by atoms with Crippen molar-refractivity contribution in [2.24, 2.45) is 47.3 Å². The molecule has 1 saturated heterocycles. The second-order valence-electron chi connectivity index (χ2n) is 11.1. The Morgan fingerprint density at radius 1 is 0.857 bits per heavy atom. The lowest BCUT2D eigenvalue weighted by Crippen LogP contribution is -2.56. The third kappa shape index (κ3) is 4.47. The van der Waals surface area contributed by atoms with Gasteiger partial charge in [0, 0.05) is 18.4 Å². The minimum absolute atomic E-state index is 0.0556. The molecule has 0 spiro atoms. The van der Waals surface area contributed by atoms with E-state index in [2.05, 4.69) is 41.5 Å². The highest BCUT2D eigenvalue weighted by Crippen LogP contribution is 2.56. The Kier molecular flexibility index (Phi) is 7.53. The molecular formula is C25H46O3. The Morgan fingerprint density at radius 2 is 1.36 bits per heavy atom. The first-order valence-corrected chi connectivity index (χ1v) is 12.2. The van der Waals surface area contributed by atoms with Crippen LogP contribution in [0.25, 0.3) is 0 Å². The van der Waals surface area contributed by atoms with Gasteiger partial charge < -0.3 is 14.6 Å². The molecule has 0 amide bonds. The van der Waals surface area contributed by atoms with Crippen molar-refractivity contribution in [3.63, 3.8) is 0 Å². The molecule has 164 valence electrons. The fourth-order valence-electron chi connectivity index (χ4n) is 6.83. The van der Waals surface area contributed by atoms with Crippen LogP contribution >= 0.6 is 0 Å². The molecule has 3 aliphatic rings. The van der Waals surface area contributed by atoms with Gasteiger partial charge in [-0.05, 0) is 67.6 Å². The third-order valence-electron chi connectivity index (χ3n) is 8.37. The van der Waals surface area contributed by atoms with Crippen LogP contribution in [0.15, 0.2) is 0 Å². The molecular weight excluding hydrogens is 348 g/mol. The van der Waals surface area contributed by atoms with E-state index in [9.17, 15) is 5.11 Å². The summed E-state index contributed by atoms with van der Waals surface area (Å²) >= 11 is 0. The van der Waals surface area contributed by atoms with Crippen LogP contribution in [-0.4, -0.2) is 30.2 Å². The van der Waals surface area contributed by atoms with E-state index < -0.39 is 5.79 Å². The topological polar surface area (TPSA) is 38.7 Å². The Morgan fingerprint density at radius 3 is 1.79 bits per heavy atom. The molecule has 2 aliphatic carbocycles. The van der Waals surface area contributed by atoms with Crippen molar-refractivity contribution in [1.29, 1.82) is 0 Å². The second-order valence-corrected chi connectivity index (χ2v) is 11.1. The van der Waals surface area contributed by atoms with E-state index in [0.29, 0.717) is 48.5 Å². The lowest BCUT2D eigenvalue weighted by Gasteiger charge is -2.53. The van der Waals surface area contributed by atoms with Gasteiger partial charge in [0.2, 0.25) is 0 Å². The summed E-state index contributed by atoms with van der Waals surface area (Å²) in [7, 11) is 0. The van der Waals surface area contributed by atoms with Gasteiger partial charge in [-0.25, -0.2) is 0 Å². The molecule has 2 saturated carbocycles. The van der Waals surface area contributed by atoms with Gasteiger partial charge in [-0.15, -0.1) is 0 Å². The summed E-state index contributed by atoms with van der Waals surface area (Å²) in [5.41, 5.74) is 0. The lowest BCUT2D eigenvalue weighted by atomic mass is 9.58. The number of rotatable bonds is 6. The number of hydrogen-bond donors (Lipinski definition) is 1. The van der Waals surface area contributed by atoms with Crippen LogP contribution < -0.4 is 0 Å². The summed E-state index contributed by atoms with van der Waals surface area (Å²) in [5, 5.41) is 9.55. The van der Waals surface area contributed by atoms with Crippen LogP contribution in [0.1, 0.15) is 86.5 Å². The minimum atomic E-state index is -0.437. The third-order valence-corrected chi connectivity index (χ3v) is 8.37. The molecule has 28 heavy (non-hydrogen) atoms.